The summed E-state index contributed by atoms with van der Waals surface area (Å²) in [5, 5.41) is 12.0. The van der Waals surface area contributed by atoms with Gasteiger partial charge < -0.3 is 15.3 Å². The van der Waals surface area contributed by atoms with Crippen LogP contribution in [0.1, 0.15) is 18.4 Å². The zero-order valence-electron chi connectivity index (χ0n) is 15.7. The maximum Gasteiger partial charge on any atom is 0.307 e. The number of aliphatic carboxylic acids is 1. The second-order valence-electron chi connectivity index (χ2n) is 7.11. The van der Waals surface area contributed by atoms with Crippen LogP contribution in [0.15, 0.2) is 60.7 Å². The van der Waals surface area contributed by atoms with Gasteiger partial charge in [-0.25, -0.2) is 0 Å². The minimum Gasteiger partial charge on any atom is -0.481 e. The molecule has 2 unspecified atom stereocenters. The van der Waals surface area contributed by atoms with Crippen molar-refractivity contribution in [3.8, 4) is 0 Å². The van der Waals surface area contributed by atoms with E-state index in [9.17, 15) is 19.5 Å². The van der Waals surface area contributed by atoms with Gasteiger partial charge in [0.2, 0.25) is 11.8 Å². The van der Waals surface area contributed by atoms with E-state index in [0.29, 0.717) is 19.3 Å². The molecule has 0 saturated heterocycles. The molecular formula is C22H24N2O4. The molecule has 1 fully saturated rings. The number of benzene rings is 2. The molecule has 0 heterocycles. The summed E-state index contributed by atoms with van der Waals surface area (Å²) in [6.45, 7) is 0. The van der Waals surface area contributed by atoms with Crippen molar-refractivity contribution in [2.45, 2.75) is 25.3 Å². The zero-order chi connectivity index (χ0) is 20.1. The molecule has 0 radical (unpaired) electrons. The summed E-state index contributed by atoms with van der Waals surface area (Å²) in [7, 11) is 1.67. The standard InChI is InChI=1S/C22H24N2O4/c1-24(16-10-6-3-7-11-16)21(26)19(14-15-8-4-2-5-9-15)23-20(25)17-12-13-18(17)22(27)28/h2-11,17-19H,12-14H2,1H3,(H,23,25)(H,27,28)/t17?,18?,19-/m0/s1. The number of carbonyl (C=O) groups is 3. The Morgan fingerprint density at radius 3 is 2.11 bits per heavy atom. The van der Waals surface area contributed by atoms with Gasteiger partial charge in [-0.1, -0.05) is 48.5 Å². The highest BCUT2D eigenvalue weighted by Gasteiger charge is 2.42. The summed E-state index contributed by atoms with van der Waals surface area (Å²) in [5.41, 5.74) is 1.65. The topological polar surface area (TPSA) is 86.7 Å². The van der Waals surface area contributed by atoms with E-state index in [-0.39, 0.29) is 11.8 Å². The largest absolute Gasteiger partial charge is 0.481 e. The first-order chi connectivity index (χ1) is 13.5. The van der Waals surface area contributed by atoms with Gasteiger partial charge in [0.1, 0.15) is 6.04 Å². The van der Waals surface area contributed by atoms with Crippen LogP contribution in [0, 0.1) is 11.8 Å². The number of likely N-dealkylation sites (N-methyl/N-ethyl adjacent to an activating group) is 1. The van der Waals surface area contributed by atoms with Crippen molar-refractivity contribution in [3.63, 3.8) is 0 Å². The Labute approximate surface area is 164 Å². The number of rotatable bonds is 7. The van der Waals surface area contributed by atoms with E-state index in [2.05, 4.69) is 5.32 Å². The molecule has 1 aliphatic carbocycles. The van der Waals surface area contributed by atoms with Gasteiger partial charge in [-0.3, -0.25) is 14.4 Å². The number of nitrogens with one attached hydrogen (secondary N) is 1. The number of para-hydroxylation sites is 1. The lowest BCUT2D eigenvalue weighted by molar-refractivity contribution is -0.153. The Morgan fingerprint density at radius 1 is 1.00 bits per heavy atom. The average Bonchev–Trinajstić information content (AvgIpc) is 2.66. The molecule has 1 aliphatic rings. The maximum absolute atomic E-state index is 13.1. The summed E-state index contributed by atoms with van der Waals surface area (Å²) in [6.07, 6.45) is 1.37. The molecule has 0 bridgehead atoms. The predicted molar refractivity (Wildman–Crippen MR) is 106 cm³/mol. The van der Waals surface area contributed by atoms with Crippen LogP contribution < -0.4 is 10.2 Å². The normalized spacial score (nSPS) is 19.2. The lowest BCUT2D eigenvalue weighted by Crippen LogP contribution is -2.53. The molecule has 146 valence electrons. The fourth-order valence-corrected chi connectivity index (χ4v) is 3.45. The van der Waals surface area contributed by atoms with Crippen molar-refractivity contribution in [3.05, 3.63) is 66.2 Å². The Balaban J connectivity index is 1.77. The van der Waals surface area contributed by atoms with Crippen LogP contribution in [-0.2, 0) is 20.8 Å². The molecule has 6 heteroatoms. The molecule has 0 aromatic heterocycles. The van der Waals surface area contributed by atoms with Gasteiger partial charge in [-0.05, 0) is 30.5 Å². The van der Waals surface area contributed by atoms with Crippen LogP contribution in [0.5, 0.6) is 0 Å². The van der Waals surface area contributed by atoms with E-state index < -0.39 is 23.8 Å². The Morgan fingerprint density at radius 2 is 1.57 bits per heavy atom. The summed E-state index contributed by atoms with van der Waals surface area (Å²) in [6, 6.07) is 17.9. The molecule has 2 aromatic carbocycles. The molecule has 0 aliphatic heterocycles. The molecule has 2 N–H and O–H groups in total. The van der Waals surface area contributed by atoms with Gasteiger partial charge in [0.25, 0.3) is 0 Å². The number of hydrogen-bond acceptors (Lipinski definition) is 3. The van der Waals surface area contributed by atoms with Crippen LogP contribution in [-0.4, -0.2) is 36.0 Å². The van der Waals surface area contributed by atoms with Crippen molar-refractivity contribution >= 4 is 23.5 Å². The molecule has 28 heavy (non-hydrogen) atoms. The first-order valence-corrected chi connectivity index (χ1v) is 9.37. The smallest absolute Gasteiger partial charge is 0.307 e. The number of nitrogens with zero attached hydrogens (tertiary/aromatic N) is 1. The lowest BCUT2D eigenvalue weighted by Gasteiger charge is -2.34. The maximum atomic E-state index is 13.1. The third-order valence-corrected chi connectivity index (χ3v) is 5.30. The molecule has 1 saturated carbocycles. The second-order valence-corrected chi connectivity index (χ2v) is 7.11. The summed E-state index contributed by atoms with van der Waals surface area (Å²) in [5.74, 6) is -2.81. The van der Waals surface area contributed by atoms with Crippen LogP contribution in [0.2, 0.25) is 0 Å². The third kappa shape index (κ3) is 4.39. The molecule has 6 nitrogen and oxygen atoms in total. The highest BCUT2D eigenvalue weighted by atomic mass is 16.4. The minimum atomic E-state index is -0.960. The number of anilines is 1. The van der Waals surface area contributed by atoms with Crippen LogP contribution in [0.4, 0.5) is 5.69 Å². The van der Waals surface area contributed by atoms with Crippen molar-refractivity contribution < 1.29 is 19.5 Å². The summed E-state index contributed by atoms with van der Waals surface area (Å²) < 4.78 is 0. The van der Waals surface area contributed by atoms with Crippen LogP contribution in [0.3, 0.4) is 0 Å². The average molecular weight is 380 g/mol. The second kappa shape index (κ2) is 8.69. The number of carboxylic acid groups (broad SMARTS) is 1. The quantitative estimate of drug-likeness (QED) is 0.773. The summed E-state index contributed by atoms with van der Waals surface area (Å²) >= 11 is 0. The predicted octanol–water partition coefficient (Wildman–Crippen LogP) is 2.49. The highest BCUT2D eigenvalue weighted by molar-refractivity contribution is 5.99. The fourth-order valence-electron chi connectivity index (χ4n) is 3.45. The number of amides is 2. The van der Waals surface area contributed by atoms with E-state index in [4.69, 9.17) is 0 Å². The molecule has 2 aromatic rings. The third-order valence-electron chi connectivity index (χ3n) is 5.30. The van der Waals surface area contributed by atoms with E-state index >= 15 is 0 Å². The van der Waals surface area contributed by atoms with E-state index in [1.165, 1.54) is 4.90 Å². The first kappa shape index (κ1) is 19.6. The van der Waals surface area contributed by atoms with Gasteiger partial charge >= 0.3 is 5.97 Å². The molecule has 3 rings (SSSR count). The van der Waals surface area contributed by atoms with Crippen molar-refractivity contribution in [1.29, 1.82) is 0 Å². The molecule has 0 spiro atoms. The van der Waals surface area contributed by atoms with Crippen LogP contribution in [0.25, 0.3) is 0 Å². The van der Waals surface area contributed by atoms with Crippen molar-refractivity contribution in [2.24, 2.45) is 11.8 Å². The van der Waals surface area contributed by atoms with Gasteiger partial charge in [-0.2, -0.15) is 0 Å². The SMILES string of the molecule is CN(C(=O)[C@H](Cc1ccccc1)NC(=O)C1CCC1C(=O)O)c1ccccc1. The first-order valence-electron chi connectivity index (χ1n) is 9.37. The molecule has 2 amide bonds. The van der Waals surface area contributed by atoms with Crippen molar-refractivity contribution in [2.75, 3.05) is 11.9 Å². The van der Waals surface area contributed by atoms with Gasteiger partial charge in [0.05, 0.1) is 11.8 Å². The Bertz CT molecular complexity index is 838. The minimum absolute atomic E-state index is 0.241. The fraction of sp³-hybridized carbons (Fsp3) is 0.318. The number of hydrogen-bond donors (Lipinski definition) is 2. The van der Waals surface area contributed by atoms with Gasteiger partial charge in [0.15, 0.2) is 0 Å². The molecular weight excluding hydrogens is 356 g/mol. The lowest BCUT2D eigenvalue weighted by atomic mass is 9.73. The highest BCUT2D eigenvalue weighted by Crippen LogP contribution is 2.34. The van der Waals surface area contributed by atoms with Crippen molar-refractivity contribution in [1.82, 2.24) is 5.32 Å². The van der Waals surface area contributed by atoms with E-state index in [1.807, 2.05) is 60.7 Å². The monoisotopic (exact) mass is 380 g/mol. The van der Waals surface area contributed by atoms with E-state index in [0.717, 1.165) is 11.3 Å². The Kier molecular flexibility index (Phi) is 6.09. The van der Waals surface area contributed by atoms with Crippen LogP contribution >= 0.6 is 0 Å². The Hall–Kier alpha value is -3.15. The molecule has 3 atom stereocenters. The number of carbonyl (C=O) groups excluding carboxylic acids is 2. The zero-order valence-corrected chi connectivity index (χ0v) is 15.7. The van der Waals surface area contributed by atoms with Gasteiger partial charge in [0, 0.05) is 19.2 Å². The van der Waals surface area contributed by atoms with E-state index in [1.54, 1.807) is 7.05 Å². The number of carboxylic acids is 1. The van der Waals surface area contributed by atoms with Gasteiger partial charge in [-0.15, -0.1) is 0 Å². The summed E-state index contributed by atoms with van der Waals surface area (Å²) in [4.78, 5) is 38.5.